The van der Waals surface area contributed by atoms with Crippen LogP contribution in [-0.2, 0) is 18.4 Å². The number of para-hydroxylation sites is 2. The Morgan fingerprint density at radius 1 is 1.12 bits per heavy atom. The highest BCUT2D eigenvalue weighted by molar-refractivity contribution is 5.81. The number of fused-ring (bicyclic) bond motifs is 1. The van der Waals surface area contributed by atoms with Crippen LogP contribution >= 0.6 is 0 Å². The van der Waals surface area contributed by atoms with Gasteiger partial charge in [-0.05, 0) is 36.8 Å². The van der Waals surface area contributed by atoms with Gasteiger partial charge in [0.05, 0.1) is 17.1 Å². The summed E-state index contributed by atoms with van der Waals surface area (Å²) in [6.07, 6.45) is 0. The summed E-state index contributed by atoms with van der Waals surface area (Å²) in [5, 5.41) is 2.83. The molecule has 5 nitrogen and oxygen atoms in total. The van der Waals surface area contributed by atoms with Crippen LogP contribution < -0.4 is 11.0 Å². The van der Waals surface area contributed by atoms with Gasteiger partial charge >= 0.3 is 5.69 Å². The maximum Gasteiger partial charge on any atom is 0.329 e. The van der Waals surface area contributed by atoms with Gasteiger partial charge in [-0.2, -0.15) is 0 Å². The minimum Gasteiger partial charge on any atom is -0.348 e. The zero-order valence-corrected chi connectivity index (χ0v) is 13.5. The number of rotatable bonds is 4. The Morgan fingerprint density at radius 2 is 1.75 bits per heavy atom. The number of nitrogens with one attached hydrogen (secondary N) is 1. The molecule has 0 fully saturated rings. The van der Waals surface area contributed by atoms with Crippen molar-refractivity contribution < 1.29 is 9.18 Å². The first-order valence-corrected chi connectivity index (χ1v) is 7.66. The van der Waals surface area contributed by atoms with E-state index in [9.17, 15) is 14.0 Å². The molecule has 3 rings (SSSR count). The number of hydrogen-bond acceptors (Lipinski definition) is 2. The summed E-state index contributed by atoms with van der Waals surface area (Å²) in [5.74, 6) is -0.593. The lowest BCUT2D eigenvalue weighted by molar-refractivity contribution is -0.122. The molecule has 0 saturated carbocycles. The van der Waals surface area contributed by atoms with Crippen LogP contribution in [0, 0.1) is 5.82 Å². The number of hydrogen-bond donors (Lipinski definition) is 1. The van der Waals surface area contributed by atoms with Crippen molar-refractivity contribution in [2.45, 2.75) is 19.5 Å². The standard InChI is InChI=1S/C18H18FN3O2/c1-12(13-7-9-14(19)10-8-13)20-17(23)11-22-16-6-4-3-5-15(16)21(2)18(22)24/h3-10,12H,11H2,1-2H3,(H,20,23)/t12-/m1/s1. The molecule has 0 aliphatic heterocycles. The highest BCUT2D eigenvalue weighted by Gasteiger charge is 2.15. The molecule has 1 atom stereocenters. The normalized spacial score (nSPS) is 12.3. The fraction of sp³-hybridized carbons (Fsp3) is 0.222. The van der Waals surface area contributed by atoms with E-state index in [1.165, 1.54) is 21.3 Å². The number of aromatic nitrogens is 2. The number of amides is 1. The van der Waals surface area contributed by atoms with Crippen LogP contribution in [-0.4, -0.2) is 15.0 Å². The molecular formula is C18H18FN3O2. The van der Waals surface area contributed by atoms with Crippen molar-refractivity contribution in [1.29, 1.82) is 0 Å². The molecule has 0 aliphatic rings. The van der Waals surface area contributed by atoms with Crippen LogP contribution in [0.5, 0.6) is 0 Å². The number of aryl methyl sites for hydroxylation is 1. The largest absolute Gasteiger partial charge is 0.348 e. The fourth-order valence-corrected chi connectivity index (χ4v) is 2.78. The van der Waals surface area contributed by atoms with Gasteiger partial charge in [-0.1, -0.05) is 24.3 Å². The topological polar surface area (TPSA) is 56.0 Å². The Morgan fingerprint density at radius 3 is 2.42 bits per heavy atom. The van der Waals surface area contributed by atoms with Gasteiger partial charge in [0, 0.05) is 7.05 Å². The summed E-state index contributed by atoms with van der Waals surface area (Å²) in [5.41, 5.74) is 2.06. The van der Waals surface area contributed by atoms with E-state index in [0.717, 1.165) is 16.6 Å². The molecule has 1 amide bonds. The van der Waals surface area contributed by atoms with Gasteiger partial charge in [0.25, 0.3) is 0 Å². The lowest BCUT2D eigenvalue weighted by Gasteiger charge is -2.14. The Balaban J connectivity index is 1.79. The third-order valence-corrected chi connectivity index (χ3v) is 4.10. The van der Waals surface area contributed by atoms with Gasteiger partial charge < -0.3 is 5.32 Å². The van der Waals surface area contributed by atoms with Crippen molar-refractivity contribution in [3.63, 3.8) is 0 Å². The van der Waals surface area contributed by atoms with E-state index in [-0.39, 0.29) is 30.0 Å². The van der Waals surface area contributed by atoms with Crippen LogP contribution in [0.2, 0.25) is 0 Å². The lowest BCUT2D eigenvalue weighted by Crippen LogP contribution is -2.34. The molecule has 0 saturated heterocycles. The van der Waals surface area contributed by atoms with Crippen LogP contribution in [0.1, 0.15) is 18.5 Å². The first-order valence-electron chi connectivity index (χ1n) is 7.66. The maximum absolute atomic E-state index is 13.0. The predicted molar refractivity (Wildman–Crippen MR) is 90.1 cm³/mol. The highest BCUT2D eigenvalue weighted by Crippen LogP contribution is 2.14. The smallest absolute Gasteiger partial charge is 0.329 e. The van der Waals surface area contributed by atoms with Crippen molar-refractivity contribution in [3.05, 3.63) is 70.4 Å². The average Bonchev–Trinajstić information content (AvgIpc) is 2.81. The Labute approximate surface area is 138 Å². The zero-order chi connectivity index (χ0) is 17.3. The summed E-state index contributed by atoms with van der Waals surface area (Å²) >= 11 is 0. The monoisotopic (exact) mass is 327 g/mol. The van der Waals surface area contributed by atoms with E-state index < -0.39 is 0 Å². The number of benzene rings is 2. The summed E-state index contributed by atoms with van der Waals surface area (Å²) in [7, 11) is 1.68. The number of carbonyl (C=O) groups is 1. The molecule has 24 heavy (non-hydrogen) atoms. The van der Waals surface area contributed by atoms with Crippen LogP contribution in [0.3, 0.4) is 0 Å². The Bertz CT molecular complexity index is 941. The van der Waals surface area contributed by atoms with E-state index >= 15 is 0 Å². The van der Waals surface area contributed by atoms with E-state index in [0.29, 0.717) is 0 Å². The van der Waals surface area contributed by atoms with E-state index in [1.807, 2.05) is 31.2 Å². The molecule has 0 bridgehead atoms. The van der Waals surface area contributed by atoms with Gasteiger partial charge in [0.15, 0.2) is 0 Å². The highest BCUT2D eigenvalue weighted by atomic mass is 19.1. The molecular weight excluding hydrogens is 309 g/mol. The fourth-order valence-electron chi connectivity index (χ4n) is 2.78. The second-order valence-electron chi connectivity index (χ2n) is 5.76. The van der Waals surface area contributed by atoms with Crippen molar-refractivity contribution in [2.75, 3.05) is 0 Å². The minimum absolute atomic E-state index is 0.0638. The first kappa shape index (κ1) is 16.0. The van der Waals surface area contributed by atoms with E-state index in [1.54, 1.807) is 19.2 Å². The zero-order valence-electron chi connectivity index (χ0n) is 13.5. The van der Waals surface area contributed by atoms with Crippen molar-refractivity contribution >= 4 is 16.9 Å². The molecule has 1 aromatic heterocycles. The molecule has 6 heteroatoms. The number of imidazole rings is 1. The van der Waals surface area contributed by atoms with Gasteiger partial charge in [-0.3, -0.25) is 13.9 Å². The number of halogens is 1. The first-order chi connectivity index (χ1) is 11.5. The predicted octanol–water partition coefficient (Wildman–Crippen LogP) is 2.36. The molecule has 2 aromatic carbocycles. The molecule has 0 radical (unpaired) electrons. The summed E-state index contributed by atoms with van der Waals surface area (Å²) < 4.78 is 15.9. The lowest BCUT2D eigenvalue weighted by atomic mass is 10.1. The van der Waals surface area contributed by atoms with E-state index in [2.05, 4.69) is 5.32 Å². The Kier molecular flexibility index (Phi) is 4.20. The van der Waals surface area contributed by atoms with Crippen LogP contribution in [0.15, 0.2) is 53.3 Å². The average molecular weight is 327 g/mol. The van der Waals surface area contributed by atoms with Crippen molar-refractivity contribution in [2.24, 2.45) is 7.05 Å². The molecule has 0 spiro atoms. The third-order valence-electron chi connectivity index (χ3n) is 4.10. The number of nitrogens with zero attached hydrogens (tertiary/aromatic N) is 2. The molecule has 0 unspecified atom stereocenters. The molecule has 3 aromatic rings. The second-order valence-corrected chi connectivity index (χ2v) is 5.76. The third kappa shape index (κ3) is 2.95. The summed E-state index contributed by atoms with van der Waals surface area (Å²) in [4.78, 5) is 24.6. The molecule has 1 N–H and O–H groups in total. The molecule has 0 aliphatic carbocycles. The summed E-state index contributed by atoms with van der Waals surface area (Å²) in [6.45, 7) is 1.75. The van der Waals surface area contributed by atoms with Gasteiger partial charge in [-0.15, -0.1) is 0 Å². The van der Waals surface area contributed by atoms with E-state index in [4.69, 9.17) is 0 Å². The van der Waals surface area contributed by atoms with Gasteiger partial charge in [-0.25, -0.2) is 9.18 Å². The minimum atomic E-state index is -0.320. The molecule has 124 valence electrons. The quantitative estimate of drug-likeness (QED) is 0.800. The van der Waals surface area contributed by atoms with Crippen molar-refractivity contribution in [3.8, 4) is 0 Å². The SMILES string of the molecule is C[C@@H](NC(=O)Cn1c(=O)n(C)c2ccccc21)c1ccc(F)cc1. The van der Waals surface area contributed by atoms with Crippen LogP contribution in [0.25, 0.3) is 11.0 Å². The van der Waals surface area contributed by atoms with Gasteiger partial charge in [0.1, 0.15) is 12.4 Å². The maximum atomic E-state index is 13.0. The number of carbonyl (C=O) groups excluding carboxylic acids is 1. The molecule has 1 heterocycles. The van der Waals surface area contributed by atoms with Gasteiger partial charge in [0.2, 0.25) is 5.91 Å². The Hall–Kier alpha value is -2.89. The van der Waals surface area contributed by atoms with Crippen LogP contribution in [0.4, 0.5) is 4.39 Å². The second kappa shape index (κ2) is 6.31. The van der Waals surface area contributed by atoms with Crippen molar-refractivity contribution in [1.82, 2.24) is 14.5 Å². The summed E-state index contributed by atoms with van der Waals surface area (Å²) in [6, 6.07) is 13.0.